The quantitative estimate of drug-likeness (QED) is 0.833. The van der Waals surface area contributed by atoms with Gasteiger partial charge in [-0.05, 0) is 55.0 Å². The second-order valence-corrected chi connectivity index (χ2v) is 7.57. The van der Waals surface area contributed by atoms with Crippen molar-refractivity contribution in [2.75, 3.05) is 18.5 Å². The number of fused-ring (bicyclic) bond motifs is 1. The van der Waals surface area contributed by atoms with E-state index >= 15 is 0 Å². The van der Waals surface area contributed by atoms with Crippen LogP contribution in [0.2, 0.25) is 0 Å². The van der Waals surface area contributed by atoms with Gasteiger partial charge in [-0.1, -0.05) is 36.4 Å². The van der Waals surface area contributed by atoms with E-state index in [9.17, 15) is 14.4 Å². The summed E-state index contributed by atoms with van der Waals surface area (Å²) in [6.45, 7) is 1.41. The standard InChI is InChI=1S/C22H23N3O3/c1-22(17-12-11-15-7-6-8-16(15)13-17)20(27)25(21(28)23-22)14-19(26)24(2)18-9-4-3-5-10-18/h3-5,9-13H,6-8,14H2,1-2H3,(H,23,28)/t22-/m0/s1. The Morgan fingerprint density at radius 2 is 1.82 bits per heavy atom. The van der Waals surface area contributed by atoms with Gasteiger partial charge in [0.25, 0.3) is 5.91 Å². The van der Waals surface area contributed by atoms with Gasteiger partial charge in [0, 0.05) is 12.7 Å². The molecule has 1 aliphatic carbocycles. The van der Waals surface area contributed by atoms with E-state index in [4.69, 9.17) is 0 Å². The van der Waals surface area contributed by atoms with Gasteiger partial charge in [0.1, 0.15) is 12.1 Å². The highest BCUT2D eigenvalue weighted by Crippen LogP contribution is 2.32. The van der Waals surface area contributed by atoms with Crippen LogP contribution in [0.5, 0.6) is 0 Å². The van der Waals surface area contributed by atoms with Crippen LogP contribution >= 0.6 is 0 Å². The minimum atomic E-state index is -1.15. The van der Waals surface area contributed by atoms with E-state index in [1.807, 2.05) is 36.4 Å². The Kier molecular flexibility index (Phi) is 4.41. The maximum absolute atomic E-state index is 13.1. The normalized spacial score (nSPS) is 20.9. The molecule has 2 aliphatic rings. The van der Waals surface area contributed by atoms with Crippen molar-refractivity contribution in [3.8, 4) is 0 Å². The number of carbonyl (C=O) groups excluding carboxylic acids is 3. The molecule has 4 rings (SSSR count). The van der Waals surface area contributed by atoms with Crippen LogP contribution in [0.3, 0.4) is 0 Å². The van der Waals surface area contributed by atoms with Gasteiger partial charge in [-0.3, -0.25) is 14.5 Å². The Balaban J connectivity index is 1.54. The maximum Gasteiger partial charge on any atom is 0.325 e. The summed E-state index contributed by atoms with van der Waals surface area (Å²) in [7, 11) is 1.63. The Hall–Kier alpha value is -3.15. The molecule has 1 heterocycles. The van der Waals surface area contributed by atoms with Crippen LogP contribution in [0, 0.1) is 0 Å². The molecule has 6 nitrogen and oxygen atoms in total. The lowest BCUT2D eigenvalue weighted by molar-refractivity contribution is -0.134. The lowest BCUT2D eigenvalue weighted by Gasteiger charge is -2.24. The Morgan fingerprint density at radius 1 is 1.11 bits per heavy atom. The zero-order valence-corrected chi connectivity index (χ0v) is 16.1. The highest BCUT2D eigenvalue weighted by molar-refractivity contribution is 6.10. The van der Waals surface area contributed by atoms with E-state index in [0.29, 0.717) is 5.69 Å². The predicted molar refractivity (Wildman–Crippen MR) is 106 cm³/mol. The molecule has 0 radical (unpaired) electrons. The van der Waals surface area contributed by atoms with Crippen molar-refractivity contribution in [2.45, 2.75) is 31.7 Å². The molecule has 0 bridgehead atoms. The molecule has 1 fully saturated rings. The van der Waals surface area contributed by atoms with Crippen LogP contribution in [0.25, 0.3) is 0 Å². The number of anilines is 1. The molecule has 144 valence electrons. The second kappa shape index (κ2) is 6.78. The molecule has 0 unspecified atom stereocenters. The van der Waals surface area contributed by atoms with Gasteiger partial charge in [-0.25, -0.2) is 4.79 Å². The Morgan fingerprint density at radius 3 is 2.57 bits per heavy atom. The third-order valence-corrected chi connectivity index (χ3v) is 5.76. The van der Waals surface area contributed by atoms with E-state index in [-0.39, 0.29) is 12.5 Å². The van der Waals surface area contributed by atoms with E-state index in [1.54, 1.807) is 26.1 Å². The highest BCUT2D eigenvalue weighted by atomic mass is 16.2. The van der Waals surface area contributed by atoms with Gasteiger partial charge in [-0.2, -0.15) is 0 Å². The largest absolute Gasteiger partial charge is 0.325 e. The first-order chi connectivity index (χ1) is 13.4. The topological polar surface area (TPSA) is 69.7 Å². The minimum Gasteiger partial charge on any atom is -0.319 e. The van der Waals surface area contributed by atoms with Gasteiger partial charge < -0.3 is 10.2 Å². The lowest BCUT2D eigenvalue weighted by atomic mass is 9.89. The number of aryl methyl sites for hydroxylation is 2. The zero-order valence-electron chi connectivity index (χ0n) is 16.1. The SMILES string of the molecule is CN(C(=O)CN1C(=O)N[C@@](C)(c2ccc3c(c2)CCC3)C1=O)c1ccccc1. The molecule has 2 aromatic carbocycles. The summed E-state index contributed by atoms with van der Waals surface area (Å²) >= 11 is 0. The number of para-hydroxylation sites is 1. The van der Waals surface area contributed by atoms with E-state index in [2.05, 4.69) is 5.32 Å². The molecule has 0 spiro atoms. The van der Waals surface area contributed by atoms with E-state index in [0.717, 1.165) is 29.7 Å². The number of hydrogen-bond donors (Lipinski definition) is 1. The average molecular weight is 377 g/mol. The van der Waals surface area contributed by atoms with Gasteiger partial charge >= 0.3 is 6.03 Å². The fourth-order valence-electron chi connectivity index (χ4n) is 3.96. The summed E-state index contributed by atoms with van der Waals surface area (Å²) in [5.74, 6) is -0.724. The third kappa shape index (κ3) is 2.95. The molecule has 0 saturated carbocycles. The Bertz CT molecular complexity index is 957. The average Bonchev–Trinajstić information content (AvgIpc) is 3.26. The first kappa shape index (κ1) is 18.2. The van der Waals surface area contributed by atoms with Crippen molar-refractivity contribution in [3.05, 3.63) is 65.2 Å². The van der Waals surface area contributed by atoms with Crippen molar-refractivity contribution in [1.82, 2.24) is 10.2 Å². The maximum atomic E-state index is 13.1. The van der Waals surface area contributed by atoms with Gasteiger partial charge in [0.2, 0.25) is 5.91 Å². The van der Waals surface area contributed by atoms with Crippen molar-refractivity contribution >= 4 is 23.5 Å². The number of rotatable bonds is 4. The number of likely N-dealkylation sites (N-methyl/N-ethyl adjacent to an activating group) is 1. The van der Waals surface area contributed by atoms with Crippen LogP contribution in [-0.4, -0.2) is 36.3 Å². The number of urea groups is 1. The fraction of sp³-hybridized carbons (Fsp3) is 0.318. The number of nitrogens with one attached hydrogen (secondary N) is 1. The summed E-state index contributed by atoms with van der Waals surface area (Å²) < 4.78 is 0. The molecule has 28 heavy (non-hydrogen) atoms. The van der Waals surface area contributed by atoms with Gasteiger partial charge in [0.05, 0.1) is 0 Å². The van der Waals surface area contributed by atoms with Crippen molar-refractivity contribution in [1.29, 1.82) is 0 Å². The van der Waals surface area contributed by atoms with Crippen LogP contribution in [0.1, 0.15) is 30.0 Å². The lowest BCUT2D eigenvalue weighted by Crippen LogP contribution is -2.43. The molecule has 4 amide bonds. The monoisotopic (exact) mass is 377 g/mol. The number of hydrogen-bond acceptors (Lipinski definition) is 3. The van der Waals surface area contributed by atoms with Crippen molar-refractivity contribution in [2.24, 2.45) is 0 Å². The molecule has 6 heteroatoms. The summed E-state index contributed by atoms with van der Waals surface area (Å²) in [6.07, 6.45) is 3.16. The van der Waals surface area contributed by atoms with E-state index in [1.165, 1.54) is 16.0 Å². The Labute approximate surface area is 164 Å². The summed E-state index contributed by atoms with van der Waals surface area (Å²) in [5.41, 5.74) is 2.86. The van der Waals surface area contributed by atoms with Crippen LogP contribution in [0.15, 0.2) is 48.5 Å². The van der Waals surface area contributed by atoms with Gasteiger partial charge in [-0.15, -0.1) is 0 Å². The summed E-state index contributed by atoms with van der Waals surface area (Å²) in [5, 5.41) is 2.79. The number of benzene rings is 2. The molecule has 1 N–H and O–H groups in total. The van der Waals surface area contributed by atoms with Crippen LogP contribution in [-0.2, 0) is 28.0 Å². The first-order valence-electron chi connectivity index (χ1n) is 9.48. The first-order valence-corrected chi connectivity index (χ1v) is 9.48. The molecule has 1 atom stereocenters. The number of amides is 4. The van der Waals surface area contributed by atoms with Gasteiger partial charge in [0.15, 0.2) is 0 Å². The summed E-state index contributed by atoms with van der Waals surface area (Å²) in [4.78, 5) is 40.7. The molecular formula is C22H23N3O3. The number of carbonyl (C=O) groups is 3. The minimum absolute atomic E-state index is 0.295. The number of imide groups is 1. The third-order valence-electron chi connectivity index (χ3n) is 5.76. The van der Waals surface area contributed by atoms with Crippen LogP contribution in [0.4, 0.5) is 10.5 Å². The second-order valence-electron chi connectivity index (χ2n) is 7.57. The van der Waals surface area contributed by atoms with Crippen LogP contribution < -0.4 is 10.2 Å². The highest BCUT2D eigenvalue weighted by Gasteiger charge is 2.49. The molecule has 2 aromatic rings. The van der Waals surface area contributed by atoms with Crippen molar-refractivity contribution < 1.29 is 14.4 Å². The predicted octanol–water partition coefficient (Wildman–Crippen LogP) is 2.61. The fourth-order valence-corrected chi connectivity index (χ4v) is 3.96. The van der Waals surface area contributed by atoms with Crippen molar-refractivity contribution in [3.63, 3.8) is 0 Å². The zero-order chi connectivity index (χ0) is 19.9. The van der Waals surface area contributed by atoms with E-state index < -0.39 is 17.5 Å². The summed E-state index contributed by atoms with van der Waals surface area (Å²) in [6, 6.07) is 14.6. The molecular weight excluding hydrogens is 354 g/mol. The molecule has 1 aliphatic heterocycles. The number of nitrogens with zero attached hydrogens (tertiary/aromatic N) is 2. The molecule has 1 saturated heterocycles. The molecule has 0 aromatic heterocycles. The smallest absolute Gasteiger partial charge is 0.319 e.